The zero-order chi connectivity index (χ0) is 24.3. The maximum atomic E-state index is 12.9. The first kappa shape index (κ1) is 25.2. The Labute approximate surface area is 218 Å². The lowest BCUT2D eigenvalue weighted by Gasteiger charge is -2.53. The van der Waals surface area contributed by atoms with Crippen molar-refractivity contribution in [2.45, 2.75) is 15.8 Å². The van der Waals surface area contributed by atoms with E-state index in [0.717, 1.165) is 11.3 Å². The second-order valence-electron chi connectivity index (χ2n) is 7.23. The average Bonchev–Trinajstić information content (AvgIpc) is 3.50. The van der Waals surface area contributed by atoms with Crippen LogP contribution in [0.4, 0.5) is 5.13 Å². The standard InChI is InChI=1S/C17H18BrN7O5S4/c18-1-2-30-24-9(8-3-31-15(19)21-8)11(26)22-10-12(27)25-4-17(14(28)29,5-32-13(10)25)6-33-16-23-20-7-34-16/h3,7,10,13H,1-2,4-6H2,(H2,19,21)(H,22,26)(H,28,29)/t10?,13-,17?/m1/s1. The maximum absolute atomic E-state index is 12.9. The number of β-lactam (4-membered cyclic amide) rings is 1. The van der Waals surface area contributed by atoms with Gasteiger partial charge in [0.2, 0.25) is 5.91 Å². The van der Waals surface area contributed by atoms with E-state index < -0.39 is 23.3 Å². The van der Waals surface area contributed by atoms with Gasteiger partial charge in [-0.1, -0.05) is 44.2 Å². The van der Waals surface area contributed by atoms with Gasteiger partial charge in [-0.05, 0) is 0 Å². The topological polar surface area (TPSA) is 173 Å². The number of nitrogen functional groups attached to an aromatic ring is 1. The Morgan fingerprint density at radius 2 is 2.29 bits per heavy atom. The smallest absolute Gasteiger partial charge is 0.313 e. The van der Waals surface area contributed by atoms with E-state index in [2.05, 4.69) is 41.6 Å². The van der Waals surface area contributed by atoms with Crippen molar-refractivity contribution in [3.8, 4) is 0 Å². The van der Waals surface area contributed by atoms with Gasteiger partial charge < -0.3 is 25.9 Å². The van der Waals surface area contributed by atoms with Gasteiger partial charge in [-0.2, -0.15) is 0 Å². The van der Waals surface area contributed by atoms with Crippen molar-refractivity contribution in [2.75, 3.05) is 35.7 Å². The molecule has 12 nitrogen and oxygen atoms in total. The number of nitrogens with one attached hydrogen (secondary N) is 1. The zero-order valence-electron chi connectivity index (χ0n) is 17.2. The average molecular weight is 609 g/mol. The van der Waals surface area contributed by atoms with E-state index in [1.54, 1.807) is 10.9 Å². The lowest BCUT2D eigenvalue weighted by atomic mass is 9.89. The number of anilines is 1. The molecule has 2 unspecified atom stereocenters. The fraction of sp³-hybridized carbons (Fsp3) is 0.471. The van der Waals surface area contributed by atoms with Crippen LogP contribution in [-0.2, 0) is 19.2 Å². The molecule has 2 aliphatic heterocycles. The van der Waals surface area contributed by atoms with E-state index in [-0.39, 0.29) is 52.5 Å². The minimum absolute atomic E-state index is 0.0505. The Kier molecular flexibility index (Phi) is 7.96. The van der Waals surface area contributed by atoms with Crippen molar-refractivity contribution in [1.29, 1.82) is 0 Å². The van der Waals surface area contributed by atoms with Gasteiger partial charge in [0, 0.05) is 28.8 Å². The van der Waals surface area contributed by atoms with Crippen LogP contribution < -0.4 is 11.1 Å². The molecule has 2 aliphatic rings. The Hall–Kier alpha value is -1.95. The van der Waals surface area contributed by atoms with E-state index >= 15 is 0 Å². The summed E-state index contributed by atoms with van der Waals surface area (Å²) in [5.74, 6) is -1.41. The third-order valence-electron chi connectivity index (χ3n) is 5.00. The second kappa shape index (κ2) is 10.8. The number of nitrogens with zero attached hydrogens (tertiary/aromatic N) is 5. The number of carbonyl (C=O) groups excluding carboxylic acids is 2. The van der Waals surface area contributed by atoms with Crippen LogP contribution in [0.1, 0.15) is 5.69 Å². The summed E-state index contributed by atoms with van der Waals surface area (Å²) in [7, 11) is 0. The lowest BCUT2D eigenvalue weighted by Crippen LogP contribution is -2.74. The predicted octanol–water partition coefficient (Wildman–Crippen LogP) is 0.956. The molecule has 0 spiro atoms. The molecular weight excluding hydrogens is 590 g/mol. The van der Waals surface area contributed by atoms with E-state index in [1.807, 2.05) is 0 Å². The minimum atomic E-state index is -1.13. The van der Waals surface area contributed by atoms with Gasteiger partial charge in [0.25, 0.3) is 5.91 Å². The molecule has 4 rings (SSSR count). The van der Waals surface area contributed by atoms with E-state index in [1.165, 1.54) is 39.8 Å². The van der Waals surface area contributed by atoms with Gasteiger partial charge in [0.05, 0.1) is 0 Å². The van der Waals surface area contributed by atoms with Crippen LogP contribution in [0.3, 0.4) is 0 Å². The summed E-state index contributed by atoms with van der Waals surface area (Å²) >= 11 is 8.33. The number of thiazole rings is 1. The Morgan fingerprint density at radius 1 is 1.47 bits per heavy atom. The number of amides is 2. The molecule has 182 valence electrons. The molecule has 0 aromatic carbocycles. The zero-order valence-corrected chi connectivity index (χ0v) is 22.1. The number of halogens is 1. The number of rotatable bonds is 10. The highest BCUT2D eigenvalue weighted by molar-refractivity contribution is 9.09. The molecule has 2 fully saturated rings. The highest BCUT2D eigenvalue weighted by Gasteiger charge is 2.57. The molecule has 2 aromatic heterocycles. The first-order valence-corrected chi connectivity index (χ1v) is 14.6. The van der Waals surface area contributed by atoms with Crippen molar-refractivity contribution in [1.82, 2.24) is 25.4 Å². The van der Waals surface area contributed by atoms with Crippen molar-refractivity contribution < 1.29 is 24.3 Å². The number of carboxylic acids is 1. The number of hydrogen-bond donors (Lipinski definition) is 3. The summed E-state index contributed by atoms with van der Waals surface area (Å²) in [6.07, 6.45) is 0. The van der Waals surface area contributed by atoms with Crippen LogP contribution in [0.25, 0.3) is 0 Å². The first-order valence-electron chi connectivity index (χ1n) is 9.67. The maximum Gasteiger partial charge on any atom is 0.313 e. The molecule has 34 heavy (non-hydrogen) atoms. The quantitative estimate of drug-likeness (QED) is 0.0876. The third kappa shape index (κ3) is 5.17. The third-order valence-corrected chi connectivity index (χ3v) is 9.74. The van der Waals surface area contributed by atoms with Gasteiger partial charge >= 0.3 is 5.97 Å². The first-order chi connectivity index (χ1) is 16.3. The summed E-state index contributed by atoms with van der Waals surface area (Å²) in [5, 5.41) is 26.2. The molecular formula is C17H18BrN7O5S4. The highest BCUT2D eigenvalue weighted by Crippen LogP contribution is 2.44. The fourth-order valence-corrected chi connectivity index (χ4v) is 7.33. The predicted molar refractivity (Wildman–Crippen MR) is 133 cm³/mol. The summed E-state index contributed by atoms with van der Waals surface area (Å²) in [5.41, 5.74) is 6.28. The van der Waals surface area contributed by atoms with Gasteiger partial charge in [0.1, 0.15) is 34.6 Å². The molecule has 0 aliphatic carbocycles. The molecule has 3 atom stereocenters. The summed E-state index contributed by atoms with van der Waals surface area (Å²) in [6.45, 7) is 0.284. The normalized spacial score (nSPS) is 24.3. The molecule has 2 aromatic rings. The molecule has 2 saturated heterocycles. The highest BCUT2D eigenvalue weighted by atomic mass is 79.9. The monoisotopic (exact) mass is 607 g/mol. The van der Waals surface area contributed by atoms with Crippen LogP contribution in [0.2, 0.25) is 0 Å². The number of thioether (sulfide) groups is 2. The van der Waals surface area contributed by atoms with Crippen molar-refractivity contribution in [3.05, 3.63) is 16.6 Å². The molecule has 4 N–H and O–H groups in total. The van der Waals surface area contributed by atoms with E-state index in [9.17, 15) is 19.5 Å². The van der Waals surface area contributed by atoms with Gasteiger partial charge in [0.15, 0.2) is 15.2 Å². The Balaban J connectivity index is 1.42. The fourth-order valence-electron chi connectivity index (χ4n) is 3.29. The SMILES string of the molecule is Nc1nc(C(=NOCCBr)C(=O)NC2C(=O)N3CC(CSc4nncs4)(C(=O)O)CS[C@H]23)cs1. The van der Waals surface area contributed by atoms with Crippen LogP contribution in [0.15, 0.2) is 20.4 Å². The van der Waals surface area contributed by atoms with E-state index in [4.69, 9.17) is 10.6 Å². The van der Waals surface area contributed by atoms with Crippen molar-refractivity contribution >= 4 is 90.8 Å². The number of carboxylic acid groups (broad SMARTS) is 1. The number of nitrogens with two attached hydrogens (primary N) is 1. The summed E-state index contributed by atoms with van der Waals surface area (Å²) in [4.78, 5) is 48.6. The number of oxime groups is 1. The van der Waals surface area contributed by atoms with Gasteiger partial charge in [-0.15, -0.1) is 33.3 Å². The lowest BCUT2D eigenvalue weighted by molar-refractivity contribution is -0.157. The van der Waals surface area contributed by atoms with E-state index in [0.29, 0.717) is 9.67 Å². The molecule has 4 heterocycles. The molecule has 17 heteroatoms. The number of fused-ring (bicyclic) bond motifs is 1. The largest absolute Gasteiger partial charge is 0.481 e. The minimum Gasteiger partial charge on any atom is -0.481 e. The van der Waals surface area contributed by atoms with Gasteiger partial charge in [-0.25, -0.2) is 4.98 Å². The number of hydrogen-bond acceptors (Lipinski definition) is 13. The van der Waals surface area contributed by atoms with Crippen LogP contribution in [-0.4, -0.2) is 90.1 Å². The molecule has 0 saturated carbocycles. The molecule has 0 radical (unpaired) electrons. The molecule has 0 bridgehead atoms. The number of alkyl halides is 1. The van der Waals surface area contributed by atoms with Crippen LogP contribution in [0.5, 0.6) is 0 Å². The second-order valence-corrected chi connectivity index (χ2v) is 12.1. The Bertz CT molecular complexity index is 1100. The van der Waals surface area contributed by atoms with Crippen LogP contribution in [0, 0.1) is 5.41 Å². The van der Waals surface area contributed by atoms with Gasteiger partial charge in [-0.3, -0.25) is 14.4 Å². The number of aliphatic carboxylic acids is 1. The Morgan fingerprint density at radius 3 is 2.94 bits per heavy atom. The number of aromatic nitrogens is 3. The summed E-state index contributed by atoms with van der Waals surface area (Å²) < 4.78 is 0.671. The van der Waals surface area contributed by atoms with Crippen molar-refractivity contribution in [3.63, 3.8) is 0 Å². The van der Waals surface area contributed by atoms with Crippen LogP contribution >= 0.6 is 62.1 Å². The number of carbonyl (C=O) groups is 3. The summed E-state index contributed by atoms with van der Waals surface area (Å²) in [6, 6.07) is -0.808. The van der Waals surface area contributed by atoms with Crippen molar-refractivity contribution in [2.24, 2.45) is 10.6 Å². The molecule has 2 amide bonds.